The fourth-order valence-corrected chi connectivity index (χ4v) is 4.07. The van der Waals surface area contributed by atoms with E-state index in [4.69, 9.17) is 16.3 Å². The Kier molecular flexibility index (Phi) is 7.94. The molecule has 0 spiro atoms. The van der Waals surface area contributed by atoms with E-state index in [9.17, 15) is 4.79 Å². The molecule has 2 saturated heterocycles. The van der Waals surface area contributed by atoms with E-state index in [0.29, 0.717) is 11.6 Å². The van der Waals surface area contributed by atoms with Crippen molar-refractivity contribution in [2.75, 3.05) is 52.5 Å². The molecule has 6 heteroatoms. The molecule has 0 saturated carbocycles. The van der Waals surface area contributed by atoms with Crippen LogP contribution in [0.25, 0.3) is 0 Å². The average molecular weight is 394 g/mol. The highest BCUT2D eigenvalue weighted by Crippen LogP contribution is 2.21. The zero-order valence-electron chi connectivity index (χ0n) is 16.3. The van der Waals surface area contributed by atoms with Gasteiger partial charge in [-0.2, -0.15) is 0 Å². The van der Waals surface area contributed by atoms with E-state index in [1.807, 2.05) is 31.2 Å². The molecule has 27 heavy (non-hydrogen) atoms. The van der Waals surface area contributed by atoms with Crippen molar-refractivity contribution in [2.24, 2.45) is 5.92 Å². The number of halogens is 1. The van der Waals surface area contributed by atoms with Gasteiger partial charge in [0.05, 0.1) is 25.8 Å². The van der Waals surface area contributed by atoms with Crippen LogP contribution in [0, 0.1) is 5.92 Å². The molecule has 0 radical (unpaired) electrons. The number of nitrogens with one attached hydrogen (secondary N) is 1. The third-order valence-corrected chi connectivity index (χ3v) is 6.03. The van der Waals surface area contributed by atoms with Gasteiger partial charge >= 0.3 is 0 Å². The number of hydrogen-bond acceptors (Lipinski definition) is 4. The van der Waals surface area contributed by atoms with Gasteiger partial charge in [0.1, 0.15) is 0 Å². The minimum Gasteiger partial charge on any atom is -0.379 e. The molecule has 3 rings (SSSR count). The van der Waals surface area contributed by atoms with Crippen LogP contribution in [-0.2, 0) is 9.53 Å². The first-order valence-corrected chi connectivity index (χ1v) is 10.6. The first-order valence-electron chi connectivity index (χ1n) is 10.2. The van der Waals surface area contributed by atoms with Gasteiger partial charge in [-0.15, -0.1) is 0 Å². The number of hydrogen-bond donors (Lipinski definition) is 1. The van der Waals surface area contributed by atoms with Crippen molar-refractivity contribution in [3.8, 4) is 0 Å². The standard InChI is InChI=1S/C21H32ClN3O2/c1-17(19-2-4-20(22)5-3-19)23-21(26)16-25-10-7-18(8-11-25)6-9-24-12-14-27-15-13-24/h2-5,17-18H,6-16H2,1H3,(H,23,26). The molecule has 2 aliphatic heterocycles. The molecule has 1 amide bonds. The molecular weight excluding hydrogens is 362 g/mol. The summed E-state index contributed by atoms with van der Waals surface area (Å²) in [5, 5.41) is 3.82. The second-order valence-electron chi connectivity index (χ2n) is 7.80. The number of amides is 1. The highest BCUT2D eigenvalue weighted by atomic mass is 35.5. The largest absolute Gasteiger partial charge is 0.379 e. The van der Waals surface area contributed by atoms with Gasteiger partial charge in [0.2, 0.25) is 5.91 Å². The van der Waals surface area contributed by atoms with Crippen LogP contribution in [0.2, 0.25) is 5.02 Å². The van der Waals surface area contributed by atoms with Crippen molar-refractivity contribution in [2.45, 2.75) is 32.2 Å². The number of nitrogens with zero attached hydrogens (tertiary/aromatic N) is 2. The third-order valence-electron chi connectivity index (χ3n) is 5.78. The highest BCUT2D eigenvalue weighted by Gasteiger charge is 2.22. The van der Waals surface area contributed by atoms with Gasteiger partial charge < -0.3 is 10.1 Å². The average Bonchev–Trinajstić information content (AvgIpc) is 2.68. The first kappa shape index (κ1) is 20.6. The zero-order chi connectivity index (χ0) is 19.1. The smallest absolute Gasteiger partial charge is 0.234 e. The number of morpholine rings is 1. The Bertz CT molecular complexity index is 582. The second kappa shape index (κ2) is 10.4. The second-order valence-corrected chi connectivity index (χ2v) is 8.24. The molecular formula is C21H32ClN3O2. The van der Waals surface area contributed by atoms with E-state index in [1.165, 1.54) is 25.8 Å². The lowest BCUT2D eigenvalue weighted by atomic mass is 9.93. The molecule has 1 N–H and O–H groups in total. The van der Waals surface area contributed by atoms with Crippen molar-refractivity contribution in [1.29, 1.82) is 0 Å². The molecule has 150 valence electrons. The van der Waals surface area contributed by atoms with Gasteiger partial charge in [-0.3, -0.25) is 14.6 Å². The predicted octanol–water partition coefficient (Wildman–Crippen LogP) is 2.95. The number of rotatable bonds is 7. The molecule has 2 heterocycles. The fraction of sp³-hybridized carbons (Fsp3) is 0.667. The van der Waals surface area contributed by atoms with Crippen LogP contribution in [0.5, 0.6) is 0 Å². The lowest BCUT2D eigenvalue weighted by molar-refractivity contribution is -0.123. The van der Waals surface area contributed by atoms with E-state index in [2.05, 4.69) is 15.1 Å². The number of likely N-dealkylation sites (tertiary alicyclic amines) is 1. The maximum atomic E-state index is 12.4. The minimum absolute atomic E-state index is 0.000767. The summed E-state index contributed by atoms with van der Waals surface area (Å²) in [5.74, 6) is 0.893. The van der Waals surface area contributed by atoms with E-state index >= 15 is 0 Å². The zero-order valence-corrected chi connectivity index (χ0v) is 17.1. The Morgan fingerprint density at radius 3 is 2.48 bits per heavy atom. The van der Waals surface area contributed by atoms with Gasteiger partial charge in [-0.1, -0.05) is 23.7 Å². The summed E-state index contributed by atoms with van der Waals surface area (Å²) in [6.07, 6.45) is 3.67. The maximum Gasteiger partial charge on any atom is 0.234 e. The summed E-state index contributed by atoms with van der Waals surface area (Å²) >= 11 is 5.93. The van der Waals surface area contributed by atoms with Gasteiger partial charge in [0, 0.05) is 18.1 Å². The van der Waals surface area contributed by atoms with Gasteiger partial charge in [-0.05, 0) is 69.4 Å². The molecule has 1 aromatic rings. The SMILES string of the molecule is CC(NC(=O)CN1CCC(CCN2CCOCC2)CC1)c1ccc(Cl)cc1. The summed E-state index contributed by atoms with van der Waals surface area (Å²) in [7, 11) is 0. The van der Waals surface area contributed by atoms with Crippen LogP contribution in [0.3, 0.4) is 0 Å². The van der Waals surface area contributed by atoms with Crippen LogP contribution in [-0.4, -0.2) is 68.2 Å². The summed E-state index contributed by atoms with van der Waals surface area (Å²) < 4.78 is 5.41. The minimum atomic E-state index is 0.000767. The van der Waals surface area contributed by atoms with Gasteiger partial charge in [-0.25, -0.2) is 0 Å². The van der Waals surface area contributed by atoms with Crippen LogP contribution >= 0.6 is 11.6 Å². The molecule has 0 aromatic heterocycles. The van der Waals surface area contributed by atoms with Crippen molar-refractivity contribution in [3.05, 3.63) is 34.9 Å². The number of benzene rings is 1. The summed E-state index contributed by atoms with van der Waals surface area (Å²) in [5.41, 5.74) is 1.08. The molecule has 2 fully saturated rings. The Balaban J connectivity index is 1.33. The molecule has 1 aromatic carbocycles. The Hall–Kier alpha value is -1.14. The topological polar surface area (TPSA) is 44.8 Å². The van der Waals surface area contributed by atoms with Crippen molar-refractivity contribution < 1.29 is 9.53 Å². The van der Waals surface area contributed by atoms with Crippen LogP contribution < -0.4 is 5.32 Å². The lowest BCUT2D eigenvalue weighted by Crippen LogP contribution is -2.43. The first-order chi connectivity index (χ1) is 13.1. The summed E-state index contributed by atoms with van der Waals surface area (Å²) in [6, 6.07) is 7.66. The quantitative estimate of drug-likeness (QED) is 0.773. The van der Waals surface area contributed by atoms with E-state index < -0.39 is 0 Å². The Morgan fingerprint density at radius 1 is 1.15 bits per heavy atom. The van der Waals surface area contributed by atoms with Gasteiger partial charge in [0.25, 0.3) is 0 Å². The van der Waals surface area contributed by atoms with Crippen molar-refractivity contribution >= 4 is 17.5 Å². The van der Waals surface area contributed by atoms with Gasteiger partial charge in [0.15, 0.2) is 0 Å². The van der Waals surface area contributed by atoms with E-state index in [1.54, 1.807) is 0 Å². The van der Waals surface area contributed by atoms with Crippen LogP contribution in [0.1, 0.15) is 37.8 Å². The fourth-order valence-electron chi connectivity index (χ4n) is 3.95. The third kappa shape index (κ3) is 6.75. The van der Waals surface area contributed by atoms with Crippen LogP contribution in [0.15, 0.2) is 24.3 Å². The predicted molar refractivity (Wildman–Crippen MR) is 109 cm³/mol. The molecule has 1 atom stereocenters. The summed E-state index contributed by atoms with van der Waals surface area (Å²) in [6.45, 7) is 9.65. The molecule has 2 aliphatic rings. The normalized spacial score (nSPS) is 21.1. The highest BCUT2D eigenvalue weighted by molar-refractivity contribution is 6.30. The van der Waals surface area contributed by atoms with E-state index in [0.717, 1.165) is 50.9 Å². The Morgan fingerprint density at radius 2 is 1.81 bits per heavy atom. The lowest BCUT2D eigenvalue weighted by Gasteiger charge is -2.33. The van der Waals surface area contributed by atoms with Crippen molar-refractivity contribution in [1.82, 2.24) is 15.1 Å². The molecule has 1 unspecified atom stereocenters. The van der Waals surface area contributed by atoms with Crippen molar-refractivity contribution in [3.63, 3.8) is 0 Å². The van der Waals surface area contributed by atoms with E-state index in [-0.39, 0.29) is 11.9 Å². The van der Waals surface area contributed by atoms with Crippen LogP contribution in [0.4, 0.5) is 0 Å². The number of ether oxygens (including phenoxy) is 1. The molecule has 5 nitrogen and oxygen atoms in total. The molecule has 0 aliphatic carbocycles. The number of piperidine rings is 1. The monoisotopic (exact) mass is 393 g/mol. The number of carbonyl (C=O) groups is 1. The number of carbonyl (C=O) groups excluding carboxylic acids is 1. The maximum absolute atomic E-state index is 12.4. The molecule has 0 bridgehead atoms. The Labute approximate surface area is 168 Å². The summed E-state index contributed by atoms with van der Waals surface area (Å²) in [4.78, 5) is 17.2.